The van der Waals surface area contributed by atoms with Crippen LogP contribution in [-0.2, 0) is 0 Å². The number of benzene rings is 2. The smallest absolute Gasteiger partial charge is 0.116 e. The van der Waals surface area contributed by atoms with Crippen molar-refractivity contribution in [2.24, 2.45) is 5.10 Å². The van der Waals surface area contributed by atoms with E-state index in [1.807, 2.05) is 12.1 Å². The number of phenols is 1. The van der Waals surface area contributed by atoms with Crippen LogP contribution in [-0.4, -0.2) is 42.5 Å². The summed E-state index contributed by atoms with van der Waals surface area (Å²) >= 11 is 0. The maximum absolute atomic E-state index is 9.45. The Morgan fingerprint density at radius 1 is 1.00 bits per heavy atom. The van der Waals surface area contributed by atoms with Crippen molar-refractivity contribution >= 4 is 11.9 Å². The van der Waals surface area contributed by atoms with Crippen LogP contribution in [0.3, 0.4) is 0 Å². The fourth-order valence-electron chi connectivity index (χ4n) is 2.58. The highest BCUT2D eigenvalue weighted by atomic mass is 16.3. The minimum absolute atomic E-state index is 0.271. The molecule has 0 unspecified atom stereocenters. The zero-order valence-electron chi connectivity index (χ0n) is 12.8. The van der Waals surface area contributed by atoms with E-state index in [4.69, 9.17) is 0 Å². The third-order valence-corrected chi connectivity index (χ3v) is 3.90. The average molecular weight is 295 g/mol. The van der Waals surface area contributed by atoms with Gasteiger partial charge in [0.15, 0.2) is 0 Å². The zero-order chi connectivity index (χ0) is 15.4. The highest BCUT2D eigenvalue weighted by Gasteiger charge is 2.15. The lowest BCUT2D eigenvalue weighted by Crippen LogP contribution is -2.44. The number of phenolic OH excluding ortho intramolecular Hbond substituents is 1. The first-order chi connectivity index (χ1) is 10.7. The molecule has 2 aromatic rings. The SMILES string of the molecule is Cc1ccc(N2CCN(N=Cc3cccc(O)c3)CC2)cc1. The van der Waals surface area contributed by atoms with Gasteiger partial charge in [0.05, 0.1) is 19.3 Å². The molecule has 1 saturated heterocycles. The lowest BCUT2D eigenvalue weighted by Gasteiger charge is -2.34. The van der Waals surface area contributed by atoms with Gasteiger partial charge in [0.1, 0.15) is 5.75 Å². The summed E-state index contributed by atoms with van der Waals surface area (Å²) in [7, 11) is 0. The second-order valence-electron chi connectivity index (χ2n) is 5.62. The molecule has 0 bridgehead atoms. The van der Waals surface area contributed by atoms with Gasteiger partial charge in [-0.1, -0.05) is 29.8 Å². The molecule has 1 aliphatic heterocycles. The van der Waals surface area contributed by atoms with Gasteiger partial charge in [-0.2, -0.15) is 5.10 Å². The molecule has 2 aromatic carbocycles. The molecule has 3 rings (SSSR count). The van der Waals surface area contributed by atoms with Crippen LogP contribution in [0.1, 0.15) is 11.1 Å². The molecular weight excluding hydrogens is 274 g/mol. The van der Waals surface area contributed by atoms with Gasteiger partial charge in [0, 0.05) is 18.8 Å². The Labute approximate surface area is 131 Å². The minimum atomic E-state index is 0.271. The zero-order valence-corrected chi connectivity index (χ0v) is 12.8. The molecule has 1 heterocycles. The van der Waals surface area contributed by atoms with Crippen molar-refractivity contribution in [3.05, 3.63) is 59.7 Å². The quantitative estimate of drug-likeness (QED) is 0.885. The molecule has 0 radical (unpaired) electrons. The van der Waals surface area contributed by atoms with Gasteiger partial charge in [-0.15, -0.1) is 0 Å². The molecule has 0 aromatic heterocycles. The van der Waals surface area contributed by atoms with Crippen molar-refractivity contribution in [2.75, 3.05) is 31.1 Å². The lowest BCUT2D eigenvalue weighted by atomic mass is 10.2. The van der Waals surface area contributed by atoms with Crippen LogP contribution in [0.5, 0.6) is 5.75 Å². The molecule has 0 atom stereocenters. The molecule has 1 fully saturated rings. The monoisotopic (exact) mass is 295 g/mol. The first-order valence-electron chi connectivity index (χ1n) is 7.60. The van der Waals surface area contributed by atoms with Crippen molar-refractivity contribution in [3.63, 3.8) is 0 Å². The Bertz CT molecular complexity index is 644. The normalized spacial score (nSPS) is 15.5. The van der Waals surface area contributed by atoms with Crippen LogP contribution in [0.25, 0.3) is 0 Å². The topological polar surface area (TPSA) is 39.1 Å². The van der Waals surface area contributed by atoms with E-state index in [0.717, 1.165) is 31.7 Å². The minimum Gasteiger partial charge on any atom is -0.508 e. The third kappa shape index (κ3) is 3.58. The maximum atomic E-state index is 9.45. The van der Waals surface area contributed by atoms with Gasteiger partial charge in [-0.3, -0.25) is 5.01 Å². The van der Waals surface area contributed by atoms with Gasteiger partial charge in [0.2, 0.25) is 0 Å². The van der Waals surface area contributed by atoms with Gasteiger partial charge in [-0.05, 0) is 36.8 Å². The summed E-state index contributed by atoms with van der Waals surface area (Å²) < 4.78 is 0. The summed E-state index contributed by atoms with van der Waals surface area (Å²) in [5.41, 5.74) is 3.49. The van der Waals surface area contributed by atoms with E-state index < -0.39 is 0 Å². The highest BCUT2D eigenvalue weighted by molar-refractivity contribution is 5.79. The number of piperazine rings is 1. The van der Waals surface area contributed by atoms with Crippen molar-refractivity contribution in [2.45, 2.75) is 6.92 Å². The summed E-state index contributed by atoms with van der Waals surface area (Å²) in [5.74, 6) is 0.271. The summed E-state index contributed by atoms with van der Waals surface area (Å²) in [6.07, 6.45) is 1.81. The Morgan fingerprint density at radius 3 is 2.41 bits per heavy atom. The summed E-state index contributed by atoms with van der Waals surface area (Å²) in [5, 5.41) is 16.0. The number of nitrogens with zero attached hydrogens (tertiary/aromatic N) is 3. The predicted octanol–water partition coefficient (Wildman–Crippen LogP) is 2.86. The molecular formula is C18H21N3O. The molecule has 0 saturated carbocycles. The van der Waals surface area contributed by atoms with Crippen LogP contribution >= 0.6 is 0 Å². The van der Waals surface area contributed by atoms with E-state index in [9.17, 15) is 5.11 Å². The molecule has 22 heavy (non-hydrogen) atoms. The average Bonchev–Trinajstić information content (AvgIpc) is 2.54. The Morgan fingerprint density at radius 2 is 1.73 bits per heavy atom. The maximum Gasteiger partial charge on any atom is 0.116 e. The molecule has 4 heteroatoms. The Balaban J connectivity index is 1.56. The van der Waals surface area contributed by atoms with Gasteiger partial charge < -0.3 is 10.0 Å². The molecule has 4 nitrogen and oxygen atoms in total. The van der Waals surface area contributed by atoms with E-state index in [1.165, 1.54) is 11.3 Å². The van der Waals surface area contributed by atoms with E-state index in [2.05, 4.69) is 46.2 Å². The number of aromatic hydroxyl groups is 1. The van der Waals surface area contributed by atoms with E-state index in [-0.39, 0.29) is 5.75 Å². The van der Waals surface area contributed by atoms with Gasteiger partial charge in [-0.25, -0.2) is 0 Å². The van der Waals surface area contributed by atoms with Crippen LogP contribution in [0, 0.1) is 6.92 Å². The molecule has 0 amide bonds. The van der Waals surface area contributed by atoms with Gasteiger partial charge in [0.25, 0.3) is 0 Å². The highest BCUT2D eigenvalue weighted by Crippen LogP contribution is 2.17. The van der Waals surface area contributed by atoms with Crippen LogP contribution < -0.4 is 4.90 Å². The van der Waals surface area contributed by atoms with Crippen LogP contribution in [0.4, 0.5) is 5.69 Å². The number of hydrogen-bond acceptors (Lipinski definition) is 4. The van der Waals surface area contributed by atoms with Crippen LogP contribution in [0.15, 0.2) is 53.6 Å². The van der Waals surface area contributed by atoms with E-state index >= 15 is 0 Å². The second kappa shape index (κ2) is 6.52. The van der Waals surface area contributed by atoms with Crippen molar-refractivity contribution < 1.29 is 5.11 Å². The predicted molar refractivity (Wildman–Crippen MR) is 90.7 cm³/mol. The van der Waals surface area contributed by atoms with Gasteiger partial charge >= 0.3 is 0 Å². The Hall–Kier alpha value is -2.49. The second-order valence-corrected chi connectivity index (χ2v) is 5.62. The molecule has 1 aliphatic rings. The first kappa shape index (κ1) is 14.4. The largest absolute Gasteiger partial charge is 0.508 e. The lowest BCUT2D eigenvalue weighted by molar-refractivity contribution is 0.272. The number of hydrazone groups is 1. The number of anilines is 1. The standard InChI is InChI=1S/C18H21N3O/c1-15-5-7-17(8-6-15)20-9-11-21(12-10-20)19-14-16-3-2-4-18(22)13-16/h2-8,13-14,22H,9-12H2,1H3. The number of aryl methyl sites for hydroxylation is 1. The molecule has 0 aliphatic carbocycles. The first-order valence-corrected chi connectivity index (χ1v) is 7.60. The Kier molecular flexibility index (Phi) is 4.28. The van der Waals surface area contributed by atoms with E-state index in [0.29, 0.717) is 0 Å². The van der Waals surface area contributed by atoms with Crippen LogP contribution in [0.2, 0.25) is 0 Å². The third-order valence-electron chi connectivity index (χ3n) is 3.90. The van der Waals surface area contributed by atoms with Crippen molar-refractivity contribution in [3.8, 4) is 5.75 Å². The molecule has 1 N–H and O–H groups in total. The van der Waals surface area contributed by atoms with Crippen molar-refractivity contribution in [1.82, 2.24) is 5.01 Å². The summed E-state index contributed by atoms with van der Waals surface area (Å²) in [6.45, 7) is 5.87. The summed E-state index contributed by atoms with van der Waals surface area (Å²) in [6, 6.07) is 15.8. The molecule has 114 valence electrons. The fraction of sp³-hybridized carbons (Fsp3) is 0.278. The van der Waals surface area contributed by atoms with E-state index in [1.54, 1.807) is 18.3 Å². The number of hydrogen-bond donors (Lipinski definition) is 1. The molecule has 0 spiro atoms. The number of rotatable bonds is 3. The fourth-order valence-corrected chi connectivity index (χ4v) is 2.58. The summed E-state index contributed by atoms with van der Waals surface area (Å²) in [4.78, 5) is 2.39. The van der Waals surface area contributed by atoms with Crippen molar-refractivity contribution in [1.29, 1.82) is 0 Å².